The second kappa shape index (κ2) is 6.16. The largest absolute Gasteiger partial charge is 0.312 e. The maximum absolute atomic E-state index is 11.8. The van der Waals surface area contributed by atoms with Gasteiger partial charge in [0.25, 0.3) is 0 Å². The fourth-order valence-electron chi connectivity index (χ4n) is 2.88. The molecule has 1 N–H and O–H groups in total. The molecule has 0 radical (unpaired) electrons. The number of likely N-dealkylation sites (tertiary alicyclic amines) is 1. The molecule has 2 heterocycles. The zero-order valence-corrected chi connectivity index (χ0v) is 13.5. The van der Waals surface area contributed by atoms with E-state index in [1.165, 1.54) is 34.6 Å². The van der Waals surface area contributed by atoms with E-state index in [0.717, 1.165) is 30.9 Å². The number of benzene rings is 1. The number of rotatable bonds is 4. The zero-order chi connectivity index (χ0) is 14.8. The summed E-state index contributed by atoms with van der Waals surface area (Å²) in [6.45, 7) is 7.58. The lowest BCUT2D eigenvalue weighted by Crippen LogP contribution is -2.18. The number of thiazole rings is 1. The SMILES string of the molecule is CC(C)c1ccc(-c2[nH]c(=O)sc2CN2CCCC2)cc1. The molecule has 0 amide bonds. The summed E-state index contributed by atoms with van der Waals surface area (Å²) in [7, 11) is 0. The molecule has 0 saturated carbocycles. The Morgan fingerprint density at radius 1 is 1.19 bits per heavy atom. The van der Waals surface area contributed by atoms with Crippen molar-refractivity contribution in [3.8, 4) is 11.3 Å². The van der Waals surface area contributed by atoms with E-state index in [4.69, 9.17) is 0 Å². The molecular weight excluding hydrogens is 280 g/mol. The standard InChI is InChI=1S/C17H22N2OS/c1-12(2)13-5-7-14(8-6-13)16-15(21-17(20)18-16)11-19-9-3-4-10-19/h5-8,12H,3-4,9-11H2,1-2H3,(H,18,20). The maximum atomic E-state index is 11.8. The van der Waals surface area contributed by atoms with Gasteiger partial charge in [0.05, 0.1) is 5.69 Å². The van der Waals surface area contributed by atoms with Gasteiger partial charge in [0.1, 0.15) is 0 Å². The van der Waals surface area contributed by atoms with Gasteiger partial charge >= 0.3 is 4.87 Å². The molecule has 0 bridgehead atoms. The molecule has 21 heavy (non-hydrogen) atoms. The van der Waals surface area contributed by atoms with E-state index in [1.807, 2.05) is 0 Å². The van der Waals surface area contributed by atoms with Crippen molar-refractivity contribution in [2.75, 3.05) is 13.1 Å². The van der Waals surface area contributed by atoms with Gasteiger partial charge in [-0.05, 0) is 43.0 Å². The molecule has 0 atom stereocenters. The molecule has 0 unspecified atom stereocenters. The Morgan fingerprint density at radius 2 is 1.86 bits per heavy atom. The topological polar surface area (TPSA) is 36.1 Å². The van der Waals surface area contributed by atoms with E-state index >= 15 is 0 Å². The van der Waals surface area contributed by atoms with Crippen LogP contribution in [0.25, 0.3) is 11.3 Å². The zero-order valence-electron chi connectivity index (χ0n) is 12.7. The Kier molecular flexibility index (Phi) is 4.27. The number of hydrogen-bond donors (Lipinski definition) is 1. The van der Waals surface area contributed by atoms with Crippen molar-refractivity contribution in [2.24, 2.45) is 0 Å². The van der Waals surface area contributed by atoms with Crippen LogP contribution in [0.2, 0.25) is 0 Å². The van der Waals surface area contributed by atoms with Crippen LogP contribution in [0, 0.1) is 0 Å². The van der Waals surface area contributed by atoms with E-state index in [0.29, 0.717) is 5.92 Å². The summed E-state index contributed by atoms with van der Waals surface area (Å²) < 4.78 is 0. The molecule has 0 spiro atoms. The maximum Gasteiger partial charge on any atom is 0.305 e. The summed E-state index contributed by atoms with van der Waals surface area (Å²) in [5.74, 6) is 0.532. The summed E-state index contributed by atoms with van der Waals surface area (Å²) in [5.41, 5.74) is 3.46. The lowest BCUT2D eigenvalue weighted by molar-refractivity contribution is 0.334. The van der Waals surface area contributed by atoms with Gasteiger partial charge in [-0.25, -0.2) is 0 Å². The van der Waals surface area contributed by atoms with Crippen molar-refractivity contribution >= 4 is 11.3 Å². The summed E-state index contributed by atoms with van der Waals surface area (Å²) >= 11 is 1.35. The quantitative estimate of drug-likeness (QED) is 0.932. The van der Waals surface area contributed by atoms with Gasteiger partial charge in [0.15, 0.2) is 0 Å². The highest BCUT2D eigenvalue weighted by atomic mass is 32.1. The molecule has 2 aromatic rings. The van der Waals surface area contributed by atoms with Crippen molar-refractivity contribution in [3.63, 3.8) is 0 Å². The lowest BCUT2D eigenvalue weighted by Gasteiger charge is -2.14. The van der Waals surface area contributed by atoms with Gasteiger partial charge in [-0.3, -0.25) is 9.69 Å². The van der Waals surface area contributed by atoms with E-state index in [2.05, 4.69) is 48.0 Å². The molecule has 0 aliphatic carbocycles. The van der Waals surface area contributed by atoms with Crippen LogP contribution in [0.15, 0.2) is 29.1 Å². The highest BCUT2D eigenvalue weighted by molar-refractivity contribution is 7.09. The molecule has 1 saturated heterocycles. The van der Waals surface area contributed by atoms with Gasteiger partial charge in [-0.1, -0.05) is 49.4 Å². The molecule has 3 nitrogen and oxygen atoms in total. The van der Waals surface area contributed by atoms with Crippen LogP contribution in [0.3, 0.4) is 0 Å². The van der Waals surface area contributed by atoms with Crippen molar-refractivity contribution in [1.29, 1.82) is 0 Å². The van der Waals surface area contributed by atoms with E-state index in [1.54, 1.807) is 0 Å². The third-order valence-corrected chi connectivity index (χ3v) is 5.02. The molecule has 112 valence electrons. The third-order valence-electron chi connectivity index (χ3n) is 4.15. The molecule has 4 heteroatoms. The van der Waals surface area contributed by atoms with E-state index < -0.39 is 0 Å². The number of aromatic nitrogens is 1. The van der Waals surface area contributed by atoms with Gasteiger partial charge in [0.2, 0.25) is 0 Å². The number of nitrogens with one attached hydrogen (secondary N) is 1. The molecule has 1 aromatic heterocycles. The van der Waals surface area contributed by atoms with E-state index in [9.17, 15) is 4.79 Å². The average molecular weight is 302 g/mol. The lowest BCUT2D eigenvalue weighted by atomic mass is 10.0. The minimum atomic E-state index is 0.0483. The first-order chi connectivity index (χ1) is 10.1. The Balaban J connectivity index is 1.88. The van der Waals surface area contributed by atoms with Crippen LogP contribution in [-0.2, 0) is 6.54 Å². The number of hydrogen-bond acceptors (Lipinski definition) is 3. The smallest absolute Gasteiger partial charge is 0.305 e. The first-order valence-corrected chi connectivity index (χ1v) is 8.50. The monoisotopic (exact) mass is 302 g/mol. The van der Waals surface area contributed by atoms with Gasteiger partial charge in [0, 0.05) is 11.4 Å². The van der Waals surface area contributed by atoms with Crippen LogP contribution in [0.4, 0.5) is 0 Å². The molecule has 1 aliphatic heterocycles. The summed E-state index contributed by atoms with van der Waals surface area (Å²) in [6.07, 6.45) is 2.55. The third kappa shape index (κ3) is 3.27. The highest BCUT2D eigenvalue weighted by Gasteiger charge is 2.17. The van der Waals surface area contributed by atoms with Crippen molar-refractivity contribution in [1.82, 2.24) is 9.88 Å². The molecule has 3 rings (SSSR count). The highest BCUT2D eigenvalue weighted by Crippen LogP contribution is 2.27. The fourth-order valence-corrected chi connectivity index (χ4v) is 3.78. The molecular formula is C17H22N2OS. The predicted molar refractivity (Wildman–Crippen MR) is 89.0 cm³/mol. The van der Waals surface area contributed by atoms with Crippen LogP contribution in [-0.4, -0.2) is 23.0 Å². The van der Waals surface area contributed by atoms with E-state index in [-0.39, 0.29) is 4.87 Å². The number of nitrogens with zero attached hydrogens (tertiary/aromatic N) is 1. The first-order valence-electron chi connectivity index (χ1n) is 7.68. The Hall–Kier alpha value is -1.39. The van der Waals surface area contributed by atoms with Crippen LogP contribution in [0.1, 0.15) is 43.0 Å². The number of H-pyrrole nitrogens is 1. The van der Waals surface area contributed by atoms with Crippen molar-refractivity contribution in [3.05, 3.63) is 44.4 Å². The Labute approximate surface area is 129 Å². The van der Waals surface area contributed by atoms with Crippen LogP contribution >= 0.6 is 11.3 Å². The van der Waals surface area contributed by atoms with Crippen LogP contribution < -0.4 is 4.87 Å². The van der Waals surface area contributed by atoms with Crippen LogP contribution in [0.5, 0.6) is 0 Å². The second-order valence-corrected chi connectivity index (χ2v) is 7.14. The summed E-state index contributed by atoms with van der Waals surface area (Å²) in [4.78, 5) is 18.4. The molecule has 1 aliphatic rings. The van der Waals surface area contributed by atoms with Gasteiger partial charge in [-0.2, -0.15) is 0 Å². The van der Waals surface area contributed by atoms with Gasteiger partial charge < -0.3 is 4.98 Å². The normalized spacial score (nSPS) is 16.0. The summed E-state index contributed by atoms with van der Waals surface area (Å²) in [5, 5.41) is 0. The fraction of sp³-hybridized carbons (Fsp3) is 0.471. The Bertz CT molecular complexity index is 648. The number of aromatic amines is 1. The molecule has 1 fully saturated rings. The minimum Gasteiger partial charge on any atom is -0.312 e. The Morgan fingerprint density at radius 3 is 2.48 bits per heavy atom. The predicted octanol–water partition coefficient (Wildman–Crippen LogP) is 3.82. The van der Waals surface area contributed by atoms with Crippen molar-refractivity contribution < 1.29 is 0 Å². The molecule has 1 aromatic carbocycles. The summed E-state index contributed by atoms with van der Waals surface area (Å²) in [6, 6.07) is 8.58. The van der Waals surface area contributed by atoms with Crippen molar-refractivity contribution in [2.45, 2.75) is 39.2 Å². The van der Waals surface area contributed by atoms with Gasteiger partial charge in [-0.15, -0.1) is 0 Å². The first kappa shape index (κ1) is 14.5. The second-order valence-electron chi connectivity index (χ2n) is 6.07. The average Bonchev–Trinajstić information content (AvgIpc) is 3.09. The minimum absolute atomic E-state index is 0.0483.